The maximum atomic E-state index is 9.08. The summed E-state index contributed by atoms with van der Waals surface area (Å²) in [7, 11) is -1.89. The molecule has 0 aromatic heterocycles. The predicted molar refractivity (Wildman–Crippen MR) is 76.7 cm³/mol. The third-order valence-electron chi connectivity index (χ3n) is 3.24. The summed E-state index contributed by atoms with van der Waals surface area (Å²) in [5.41, 5.74) is 0.595. The highest BCUT2D eigenvalue weighted by Crippen LogP contribution is 2.38. The van der Waals surface area contributed by atoms with Gasteiger partial charge in [-0.15, -0.1) is 0 Å². The zero-order valence-electron chi connectivity index (χ0n) is 11.0. The van der Waals surface area contributed by atoms with Crippen molar-refractivity contribution >= 4 is 24.2 Å². The Morgan fingerprint density at radius 2 is 1.88 bits per heavy atom. The molecule has 0 heterocycles. The number of rotatable bonds is 2. The molecular weight excluding hydrogens is 294 g/mol. The molecule has 0 atom stereocenters. The van der Waals surface area contributed by atoms with Crippen LogP contribution in [0.4, 0.5) is 0 Å². The van der Waals surface area contributed by atoms with Crippen LogP contribution in [-0.2, 0) is 0 Å². The second kappa shape index (κ2) is 4.83. The Balaban J connectivity index is 3.12. The normalized spacial score (nSPS) is 12.1. The summed E-state index contributed by atoms with van der Waals surface area (Å²) >= 11 is 3.41. The molecule has 2 nitrogen and oxygen atoms in total. The van der Waals surface area contributed by atoms with Crippen LogP contribution in [0.3, 0.4) is 0 Å². The van der Waals surface area contributed by atoms with E-state index in [2.05, 4.69) is 55.9 Å². The van der Waals surface area contributed by atoms with Crippen LogP contribution in [0.15, 0.2) is 22.7 Å². The van der Waals surface area contributed by atoms with Crippen LogP contribution >= 0.6 is 15.9 Å². The van der Waals surface area contributed by atoms with Gasteiger partial charge in [-0.1, -0.05) is 36.7 Å². The van der Waals surface area contributed by atoms with Crippen LogP contribution in [-0.4, -0.2) is 8.32 Å². The topological polar surface area (TPSA) is 33.0 Å². The van der Waals surface area contributed by atoms with Gasteiger partial charge in [0.05, 0.1) is 5.56 Å². The molecule has 0 amide bonds. The average Bonchev–Trinajstić information content (AvgIpc) is 2.15. The second-order valence-electron chi connectivity index (χ2n) is 5.61. The maximum Gasteiger partial charge on any atom is 0.250 e. The Morgan fingerprint density at radius 1 is 1.29 bits per heavy atom. The van der Waals surface area contributed by atoms with E-state index in [4.69, 9.17) is 9.69 Å². The van der Waals surface area contributed by atoms with E-state index >= 15 is 0 Å². The van der Waals surface area contributed by atoms with Crippen molar-refractivity contribution in [2.24, 2.45) is 0 Å². The molecule has 0 unspecified atom stereocenters. The van der Waals surface area contributed by atoms with E-state index in [0.29, 0.717) is 11.3 Å². The molecule has 4 heteroatoms. The summed E-state index contributed by atoms with van der Waals surface area (Å²) in [5, 5.41) is 9.21. The number of halogens is 1. The summed E-state index contributed by atoms with van der Waals surface area (Å²) in [4.78, 5) is 0. The van der Waals surface area contributed by atoms with Crippen molar-refractivity contribution in [2.75, 3.05) is 0 Å². The minimum atomic E-state index is -1.89. The first-order valence-corrected chi connectivity index (χ1v) is 9.26. The van der Waals surface area contributed by atoms with Crippen LogP contribution in [0.5, 0.6) is 5.75 Å². The van der Waals surface area contributed by atoms with Crippen molar-refractivity contribution < 1.29 is 4.43 Å². The van der Waals surface area contributed by atoms with Gasteiger partial charge in [0.2, 0.25) is 0 Å². The number of nitriles is 1. The SMILES string of the molecule is CC(C)(C)[Si](C)(C)Oc1cc(Br)ccc1C#N. The summed E-state index contributed by atoms with van der Waals surface area (Å²) in [6.07, 6.45) is 0. The van der Waals surface area contributed by atoms with E-state index in [1.165, 1.54) is 0 Å². The molecule has 1 aromatic carbocycles. The van der Waals surface area contributed by atoms with Gasteiger partial charge in [0, 0.05) is 4.47 Å². The van der Waals surface area contributed by atoms with Crippen LogP contribution in [0.2, 0.25) is 18.1 Å². The number of benzene rings is 1. The second-order valence-corrected chi connectivity index (χ2v) is 11.3. The molecule has 0 bridgehead atoms. The molecule has 0 aliphatic rings. The Hall–Kier alpha value is -0.793. The standard InChI is InChI=1S/C13H18BrNOSi/c1-13(2,3)17(4,5)16-12-8-11(14)7-6-10(12)9-15/h6-8H,1-5H3. The Morgan fingerprint density at radius 3 is 2.35 bits per heavy atom. The van der Waals surface area contributed by atoms with Crippen molar-refractivity contribution in [3.8, 4) is 11.8 Å². The zero-order valence-corrected chi connectivity index (χ0v) is 13.6. The largest absolute Gasteiger partial charge is 0.543 e. The smallest absolute Gasteiger partial charge is 0.250 e. The van der Waals surface area contributed by atoms with Crippen molar-refractivity contribution in [3.63, 3.8) is 0 Å². The van der Waals surface area contributed by atoms with Gasteiger partial charge in [0.25, 0.3) is 8.32 Å². The minimum absolute atomic E-state index is 0.127. The van der Waals surface area contributed by atoms with E-state index in [1.807, 2.05) is 12.1 Å². The lowest BCUT2D eigenvalue weighted by atomic mass is 10.2. The molecule has 0 saturated carbocycles. The van der Waals surface area contributed by atoms with Crippen molar-refractivity contribution in [2.45, 2.75) is 38.9 Å². The lowest BCUT2D eigenvalue weighted by Crippen LogP contribution is -2.44. The van der Waals surface area contributed by atoms with Gasteiger partial charge in [0.1, 0.15) is 11.8 Å². The van der Waals surface area contributed by atoms with Crippen LogP contribution < -0.4 is 4.43 Å². The van der Waals surface area contributed by atoms with Gasteiger partial charge in [0.15, 0.2) is 0 Å². The summed E-state index contributed by atoms with van der Waals surface area (Å²) in [5.74, 6) is 0.688. The highest BCUT2D eigenvalue weighted by molar-refractivity contribution is 9.10. The molecule has 0 fully saturated rings. The van der Waals surface area contributed by atoms with Gasteiger partial charge in [-0.3, -0.25) is 0 Å². The van der Waals surface area contributed by atoms with Gasteiger partial charge < -0.3 is 4.43 Å². The molecule has 0 radical (unpaired) electrons. The van der Waals surface area contributed by atoms with E-state index < -0.39 is 8.32 Å². The number of hydrogen-bond donors (Lipinski definition) is 0. The van der Waals surface area contributed by atoms with Crippen LogP contribution in [0.25, 0.3) is 0 Å². The first-order chi connectivity index (χ1) is 7.67. The summed E-state index contributed by atoms with van der Waals surface area (Å²) in [6, 6.07) is 7.69. The van der Waals surface area contributed by atoms with Gasteiger partial charge >= 0.3 is 0 Å². The van der Waals surface area contributed by atoms with Crippen LogP contribution in [0.1, 0.15) is 26.3 Å². The molecule has 0 aliphatic heterocycles. The molecule has 17 heavy (non-hydrogen) atoms. The maximum absolute atomic E-state index is 9.08. The first-order valence-electron chi connectivity index (χ1n) is 5.56. The monoisotopic (exact) mass is 311 g/mol. The quantitative estimate of drug-likeness (QED) is 0.741. The van der Waals surface area contributed by atoms with Crippen molar-refractivity contribution in [1.29, 1.82) is 5.26 Å². The number of hydrogen-bond acceptors (Lipinski definition) is 2. The Bertz CT molecular complexity index is 457. The van der Waals surface area contributed by atoms with E-state index in [0.717, 1.165) is 4.47 Å². The van der Waals surface area contributed by atoms with Crippen molar-refractivity contribution in [1.82, 2.24) is 0 Å². The third-order valence-corrected chi connectivity index (χ3v) is 8.07. The Labute approximate surface area is 113 Å². The van der Waals surface area contributed by atoms with Gasteiger partial charge in [-0.2, -0.15) is 5.26 Å². The molecule has 92 valence electrons. The molecule has 1 aromatic rings. The predicted octanol–water partition coefficient (Wildman–Crippen LogP) is 4.70. The fraction of sp³-hybridized carbons (Fsp3) is 0.462. The summed E-state index contributed by atoms with van der Waals surface area (Å²) < 4.78 is 7.09. The van der Waals surface area contributed by atoms with E-state index in [1.54, 1.807) is 6.07 Å². The van der Waals surface area contributed by atoms with E-state index in [-0.39, 0.29) is 5.04 Å². The molecule has 0 aliphatic carbocycles. The summed E-state index contributed by atoms with van der Waals surface area (Å²) in [6.45, 7) is 10.9. The molecular formula is C13H18BrNOSi. The van der Waals surface area contributed by atoms with E-state index in [9.17, 15) is 0 Å². The fourth-order valence-electron chi connectivity index (χ4n) is 1.10. The average molecular weight is 312 g/mol. The fourth-order valence-corrected chi connectivity index (χ4v) is 2.47. The lowest BCUT2D eigenvalue weighted by Gasteiger charge is -2.36. The van der Waals surface area contributed by atoms with Gasteiger partial charge in [-0.05, 0) is 36.3 Å². The number of nitrogens with zero attached hydrogens (tertiary/aromatic N) is 1. The third kappa shape index (κ3) is 3.33. The van der Waals surface area contributed by atoms with Crippen LogP contribution in [0, 0.1) is 11.3 Å². The molecule has 0 saturated heterocycles. The first kappa shape index (κ1) is 14.3. The molecule has 1 rings (SSSR count). The Kier molecular flexibility index (Phi) is 4.05. The lowest BCUT2D eigenvalue weighted by molar-refractivity contribution is 0.490. The molecule has 0 N–H and O–H groups in total. The highest BCUT2D eigenvalue weighted by Gasteiger charge is 2.39. The molecule has 0 spiro atoms. The van der Waals surface area contributed by atoms with Gasteiger partial charge in [-0.25, -0.2) is 0 Å². The van der Waals surface area contributed by atoms with Crippen molar-refractivity contribution in [3.05, 3.63) is 28.2 Å². The minimum Gasteiger partial charge on any atom is -0.543 e. The zero-order chi connectivity index (χ0) is 13.3. The highest BCUT2D eigenvalue weighted by atomic mass is 79.9.